The van der Waals surface area contributed by atoms with Crippen LogP contribution in [0.15, 0.2) is 60.7 Å². The standard InChI is InChI=1S/C16H20N2.ClH/c1-3-7-15(8-4-1)13-17-11-12-18-14-16-9-5-2-6-10-16;/h1-10,17-18H,11-14H2;1H. The van der Waals surface area contributed by atoms with Crippen LogP contribution in [-0.2, 0) is 13.1 Å². The molecule has 0 radical (unpaired) electrons. The molecule has 0 unspecified atom stereocenters. The molecule has 0 aliphatic carbocycles. The molecule has 0 fully saturated rings. The Hall–Kier alpha value is -1.35. The van der Waals surface area contributed by atoms with E-state index < -0.39 is 0 Å². The van der Waals surface area contributed by atoms with Crippen LogP contribution in [0.3, 0.4) is 0 Å². The van der Waals surface area contributed by atoms with Crippen LogP contribution < -0.4 is 10.6 Å². The molecular formula is C16H21ClN2. The summed E-state index contributed by atoms with van der Waals surface area (Å²) >= 11 is 0. The van der Waals surface area contributed by atoms with E-state index in [1.165, 1.54) is 11.1 Å². The zero-order valence-electron chi connectivity index (χ0n) is 11.0. The van der Waals surface area contributed by atoms with Crippen molar-refractivity contribution in [1.29, 1.82) is 0 Å². The average Bonchev–Trinajstić information content (AvgIpc) is 2.45. The fourth-order valence-corrected chi connectivity index (χ4v) is 1.83. The van der Waals surface area contributed by atoms with E-state index in [0.29, 0.717) is 0 Å². The molecule has 0 aliphatic heterocycles. The molecule has 0 spiro atoms. The fraction of sp³-hybridized carbons (Fsp3) is 0.250. The normalized spacial score (nSPS) is 9.89. The summed E-state index contributed by atoms with van der Waals surface area (Å²) in [5.41, 5.74) is 2.67. The molecule has 0 aromatic heterocycles. The number of hydrogen-bond donors (Lipinski definition) is 2. The first-order chi connectivity index (χ1) is 8.95. The summed E-state index contributed by atoms with van der Waals surface area (Å²) in [6.07, 6.45) is 0. The van der Waals surface area contributed by atoms with Crippen molar-refractivity contribution in [2.75, 3.05) is 13.1 Å². The van der Waals surface area contributed by atoms with Crippen molar-refractivity contribution >= 4 is 12.4 Å². The molecule has 0 atom stereocenters. The van der Waals surface area contributed by atoms with Crippen molar-refractivity contribution in [2.45, 2.75) is 13.1 Å². The third kappa shape index (κ3) is 6.39. The Kier molecular flexibility index (Phi) is 7.91. The number of nitrogens with one attached hydrogen (secondary N) is 2. The minimum atomic E-state index is 0. The maximum absolute atomic E-state index is 3.43. The van der Waals surface area contributed by atoms with Gasteiger partial charge in [0.15, 0.2) is 0 Å². The van der Waals surface area contributed by atoms with Gasteiger partial charge >= 0.3 is 0 Å². The van der Waals surface area contributed by atoms with Gasteiger partial charge in [-0.05, 0) is 11.1 Å². The molecule has 0 bridgehead atoms. The van der Waals surface area contributed by atoms with Gasteiger partial charge in [-0.3, -0.25) is 0 Å². The Morgan fingerprint density at radius 1 is 0.579 bits per heavy atom. The highest BCUT2D eigenvalue weighted by molar-refractivity contribution is 5.85. The molecule has 19 heavy (non-hydrogen) atoms. The van der Waals surface area contributed by atoms with Gasteiger partial charge in [-0.2, -0.15) is 0 Å². The van der Waals surface area contributed by atoms with Crippen LogP contribution in [-0.4, -0.2) is 13.1 Å². The van der Waals surface area contributed by atoms with Gasteiger partial charge in [-0.15, -0.1) is 12.4 Å². The minimum absolute atomic E-state index is 0. The lowest BCUT2D eigenvalue weighted by Crippen LogP contribution is -2.26. The van der Waals surface area contributed by atoms with E-state index in [-0.39, 0.29) is 12.4 Å². The Morgan fingerprint density at radius 2 is 0.947 bits per heavy atom. The van der Waals surface area contributed by atoms with Crippen molar-refractivity contribution in [2.24, 2.45) is 0 Å². The maximum Gasteiger partial charge on any atom is 0.0206 e. The number of rotatable bonds is 7. The number of halogens is 1. The first-order valence-electron chi connectivity index (χ1n) is 6.44. The molecule has 0 saturated carbocycles. The van der Waals surface area contributed by atoms with Crippen LogP contribution in [0.1, 0.15) is 11.1 Å². The van der Waals surface area contributed by atoms with Gasteiger partial charge in [0, 0.05) is 26.2 Å². The maximum atomic E-state index is 3.43. The monoisotopic (exact) mass is 276 g/mol. The van der Waals surface area contributed by atoms with Crippen LogP contribution in [0.4, 0.5) is 0 Å². The Labute approximate surface area is 121 Å². The lowest BCUT2D eigenvalue weighted by Gasteiger charge is -2.06. The summed E-state index contributed by atoms with van der Waals surface area (Å²) in [5, 5.41) is 6.85. The fourth-order valence-electron chi connectivity index (χ4n) is 1.83. The lowest BCUT2D eigenvalue weighted by molar-refractivity contribution is 0.611. The minimum Gasteiger partial charge on any atom is -0.311 e. The van der Waals surface area contributed by atoms with Crippen LogP contribution >= 0.6 is 12.4 Å². The second kappa shape index (κ2) is 9.56. The van der Waals surface area contributed by atoms with E-state index in [0.717, 1.165) is 26.2 Å². The van der Waals surface area contributed by atoms with E-state index in [1.807, 2.05) is 12.1 Å². The van der Waals surface area contributed by atoms with Crippen LogP contribution in [0, 0.1) is 0 Å². The second-order valence-corrected chi connectivity index (χ2v) is 4.32. The molecule has 102 valence electrons. The molecule has 2 aromatic carbocycles. The average molecular weight is 277 g/mol. The van der Waals surface area contributed by atoms with E-state index in [4.69, 9.17) is 0 Å². The van der Waals surface area contributed by atoms with E-state index >= 15 is 0 Å². The smallest absolute Gasteiger partial charge is 0.0206 e. The summed E-state index contributed by atoms with van der Waals surface area (Å²) in [6, 6.07) is 21.0. The van der Waals surface area contributed by atoms with E-state index in [2.05, 4.69) is 59.2 Å². The summed E-state index contributed by atoms with van der Waals surface area (Å²) in [6.45, 7) is 3.85. The first kappa shape index (κ1) is 15.7. The molecular weight excluding hydrogens is 256 g/mol. The van der Waals surface area contributed by atoms with Gasteiger partial charge in [0.25, 0.3) is 0 Å². The van der Waals surface area contributed by atoms with Crippen molar-refractivity contribution in [3.63, 3.8) is 0 Å². The van der Waals surface area contributed by atoms with Gasteiger partial charge in [-0.25, -0.2) is 0 Å². The Balaban J connectivity index is 0.00000180. The molecule has 2 aromatic rings. The highest BCUT2D eigenvalue weighted by atomic mass is 35.5. The van der Waals surface area contributed by atoms with Crippen molar-refractivity contribution in [3.8, 4) is 0 Å². The largest absolute Gasteiger partial charge is 0.311 e. The van der Waals surface area contributed by atoms with Crippen molar-refractivity contribution < 1.29 is 0 Å². The van der Waals surface area contributed by atoms with Gasteiger partial charge in [0.05, 0.1) is 0 Å². The zero-order chi connectivity index (χ0) is 12.5. The van der Waals surface area contributed by atoms with Gasteiger partial charge in [0.1, 0.15) is 0 Å². The predicted octanol–water partition coefficient (Wildman–Crippen LogP) is 2.99. The quantitative estimate of drug-likeness (QED) is 0.760. The second-order valence-electron chi connectivity index (χ2n) is 4.32. The molecule has 0 saturated heterocycles. The van der Waals surface area contributed by atoms with Crippen LogP contribution in [0.25, 0.3) is 0 Å². The van der Waals surface area contributed by atoms with Gasteiger partial charge in [-0.1, -0.05) is 60.7 Å². The SMILES string of the molecule is Cl.c1ccc(CNCCNCc2ccccc2)cc1. The summed E-state index contributed by atoms with van der Waals surface area (Å²) in [7, 11) is 0. The predicted molar refractivity (Wildman–Crippen MR) is 83.5 cm³/mol. The molecule has 0 heterocycles. The topological polar surface area (TPSA) is 24.1 Å². The zero-order valence-corrected chi connectivity index (χ0v) is 11.8. The molecule has 2 rings (SSSR count). The Morgan fingerprint density at radius 3 is 1.32 bits per heavy atom. The highest BCUT2D eigenvalue weighted by Gasteiger charge is 1.92. The summed E-state index contributed by atoms with van der Waals surface area (Å²) < 4.78 is 0. The number of hydrogen-bond acceptors (Lipinski definition) is 2. The third-order valence-electron chi connectivity index (χ3n) is 2.82. The van der Waals surface area contributed by atoms with Crippen molar-refractivity contribution in [3.05, 3.63) is 71.8 Å². The van der Waals surface area contributed by atoms with Gasteiger partial charge < -0.3 is 10.6 Å². The Bertz CT molecular complexity index is 388. The van der Waals surface area contributed by atoms with E-state index in [1.54, 1.807) is 0 Å². The summed E-state index contributed by atoms with van der Waals surface area (Å²) in [4.78, 5) is 0. The van der Waals surface area contributed by atoms with Crippen LogP contribution in [0.2, 0.25) is 0 Å². The van der Waals surface area contributed by atoms with Crippen LogP contribution in [0.5, 0.6) is 0 Å². The van der Waals surface area contributed by atoms with E-state index in [9.17, 15) is 0 Å². The molecule has 2 nitrogen and oxygen atoms in total. The first-order valence-corrected chi connectivity index (χ1v) is 6.44. The molecule has 0 amide bonds. The number of benzene rings is 2. The third-order valence-corrected chi connectivity index (χ3v) is 2.82. The highest BCUT2D eigenvalue weighted by Crippen LogP contribution is 1.97. The molecule has 2 N–H and O–H groups in total. The summed E-state index contributed by atoms with van der Waals surface area (Å²) in [5.74, 6) is 0. The van der Waals surface area contributed by atoms with Crippen molar-refractivity contribution in [1.82, 2.24) is 10.6 Å². The van der Waals surface area contributed by atoms with Gasteiger partial charge in [0.2, 0.25) is 0 Å². The molecule has 0 aliphatic rings. The molecule has 3 heteroatoms. The lowest BCUT2D eigenvalue weighted by atomic mass is 10.2.